The van der Waals surface area contributed by atoms with Crippen LogP contribution in [0, 0.1) is 0 Å². The number of aromatic nitrogens is 2. The maximum atomic E-state index is 14.5. The summed E-state index contributed by atoms with van der Waals surface area (Å²) in [4.78, 5) is 43.4. The summed E-state index contributed by atoms with van der Waals surface area (Å²) < 4.78 is 0. The average Bonchev–Trinajstić information content (AvgIpc) is 3.59. The van der Waals surface area contributed by atoms with Gasteiger partial charge >= 0.3 is 0 Å². The molecule has 3 aromatic carbocycles. The van der Waals surface area contributed by atoms with Crippen molar-refractivity contribution in [3.05, 3.63) is 101 Å². The first-order chi connectivity index (χ1) is 23.2. The summed E-state index contributed by atoms with van der Waals surface area (Å²) in [5.41, 5.74) is 20.4. The van der Waals surface area contributed by atoms with E-state index in [0.29, 0.717) is 43.9 Å². The highest BCUT2D eigenvalue weighted by molar-refractivity contribution is 6.30. The first-order valence-corrected chi connectivity index (χ1v) is 16.9. The molecule has 1 aliphatic rings. The Morgan fingerprint density at radius 1 is 1.04 bits per heavy atom. The minimum absolute atomic E-state index is 0.0504. The number of aromatic amines is 1. The molecular weight excluding hydrogens is 626 g/mol. The lowest BCUT2D eigenvalue weighted by Gasteiger charge is -2.46. The predicted octanol–water partition coefficient (Wildman–Crippen LogP) is 3.01. The number of hydrogen-bond donors (Lipinski definition) is 5. The highest BCUT2D eigenvalue weighted by Crippen LogP contribution is 2.23. The van der Waals surface area contributed by atoms with Crippen molar-refractivity contribution in [3.63, 3.8) is 0 Å². The number of nitrogens with one attached hydrogen (secondary N) is 2. The molecule has 1 aromatic heterocycles. The Balaban J connectivity index is 1.33. The summed E-state index contributed by atoms with van der Waals surface area (Å²) in [5, 5.41) is 6.04. The normalized spacial score (nSPS) is 17.9. The van der Waals surface area contributed by atoms with Crippen LogP contribution in [0.3, 0.4) is 0 Å². The predicted molar refractivity (Wildman–Crippen MR) is 191 cm³/mol. The van der Waals surface area contributed by atoms with Crippen LogP contribution in [0.25, 0.3) is 10.8 Å². The van der Waals surface area contributed by atoms with E-state index in [9.17, 15) is 9.59 Å². The topological polar surface area (TPSA) is 172 Å². The molecule has 4 aromatic rings. The van der Waals surface area contributed by atoms with Crippen molar-refractivity contribution in [3.8, 4) is 0 Å². The minimum atomic E-state index is -0.854. The van der Waals surface area contributed by atoms with Crippen LogP contribution in [0.4, 0.5) is 0 Å². The maximum Gasteiger partial charge on any atom is 0.245 e. The van der Waals surface area contributed by atoms with E-state index in [1.807, 2.05) is 17.0 Å². The van der Waals surface area contributed by atoms with Gasteiger partial charge in [0.1, 0.15) is 6.04 Å². The third-order valence-electron chi connectivity index (χ3n) is 9.04. The second-order valence-corrected chi connectivity index (χ2v) is 13.1. The van der Waals surface area contributed by atoms with Gasteiger partial charge in [-0.1, -0.05) is 66.2 Å². The first kappa shape index (κ1) is 34.9. The summed E-state index contributed by atoms with van der Waals surface area (Å²) in [6.45, 7) is 4.71. The van der Waals surface area contributed by atoms with Gasteiger partial charge in [0.25, 0.3) is 0 Å². The number of imidazole rings is 1. The zero-order valence-electron chi connectivity index (χ0n) is 27.4. The molecule has 0 bridgehead atoms. The van der Waals surface area contributed by atoms with Gasteiger partial charge in [0.05, 0.1) is 12.4 Å². The van der Waals surface area contributed by atoms with Gasteiger partial charge < -0.3 is 32.4 Å². The summed E-state index contributed by atoms with van der Waals surface area (Å²) in [6.07, 6.45) is 6.07. The Hall–Kier alpha value is -4.45. The third-order valence-corrected chi connectivity index (χ3v) is 9.30. The van der Waals surface area contributed by atoms with Crippen molar-refractivity contribution < 1.29 is 9.59 Å². The van der Waals surface area contributed by atoms with Crippen molar-refractivity contribution in [1.82, 2.24) is 25.1 Å². The van der Waals surface area contributed by atoms with E-state index in [-0.39, 0.29) is 30.4 Å². The molecule has 1 fully saturated rings. The van der Waals surface area contributed by atoms with Gasteiger partial charge in [0.15, 0.2) is 5.96 Å². The molecule has 4 atom stereocenters. The van der Waals surface area contributed by atoms with Gasteiger partial charge in [-0.25, -0.2) is 4.98 Å². The zero-order valence-corrected chi connectivity index (χ0v) is 28.2. The number of carbonyl (C=O) groups is 2. The van der Waals surface area contributed by atoms with E-state index in [2.05, 4.69) is 74.6 Å². The largest absolute Gasteiger partial charge is 0.370 e. The van der Waals surface area contributed by atoms with Gasteiger partial charge in [-0.3, -0.25) is 19.5 Å². The van der Waals surface area contributed by atoms with Crippen LogP contribution >= 0.6 is 11.6 Å². The molecule has 8 N–H and O–H groups in total. The quantitative estimate of drug-likeness (QED) is 0.0779. The summed E-state index contributed by atoms with van der Waals surface area (Å²) in [5.74, 6) is -0.488. The van der Waals surface area contributed by atoms with Crippen LogP contribution in [0.1, 0.15) is 36.6 Å². The molecule has 2 heterocycles. The number of H-pyrrole nitrogens is 1. The number of guanidine groups is 1. The minimum Gasteiger partial charge on any atom is -0.370 e. The van der Waals surface area contributed by atoms with Crippen molar-refractivity contribution in [2.24, 2.45) is 22.2 Å². The molecule has 0 radical (unpaired) electrons. The number of rotatable bonds is 14. The number of piperazine rings is 1. The molecule has 254 valence electrons. The van der Waals surface area contributed by atoms with Gasteiger partial charge in [-0.15, -0.1) is 0 Å². The molecule has 12 heteroatoms. The van der Waals surface area contributed by atoms with Crippen LogP contribution in [0.15, 0.2) is 84.2 Å². The molecule has 0 unspecified atom stereocenters. The van der Waals surface area contributed by atoms with Crippen LogP contribution in [-0.4, -0.2) is 87.9 Å². The Kier molecular flexibility index (Phi) is 12.1. The van der Waals surface area contributed by atoms with Crippen LogP contribution in [0.5, 0.6) is 0 Å². The third kappa shape index (κ3) is 9.56. The average molecular weight is 672 g/mol. The fourth-order valence-electron chi connectivity index (χ4n) is 6.39. The molecule has 1 saturated heterocycles. The number of aliphatic imine (C=N–C) groups is 1. The number of benzene rings is 3. The summed E-state index contributed by atoms with van der Waals surface area (Å²) in [6, 6.07) is 20.7. The van der Waals surface area contributed by atoms with Gasteiger partial charge in [-0.2, -0.15) is 0 Å². The number of fused-ring (bicyclic) bond motifs is 1. The first-order valence-electron chi connectivity index (χ1n) is 16.5. The molecule has 1 aliphatic heterocycles. The Morgan fingerprint density at radius 3 is 2.52 bits per heavy atom. The SMILES string of the molecule is C[C@@H]1CN(C(=O)[C@@H](Cc2ccc(Cl)cc2)NC(=O)[C@@H](N)Cc2cnc[nH]2)[C@@H](CCCN=C(N)N)CN1CCc1ccc2ccccc2c1. The second kappa shape index (κ2) is 16.6. The van der Waals surface area contributed by atoms with Gasteiger partial charge in [-0.05, 0) is 60.2 Å². The standard InChI is InChI=1S/C36H46ClN9O2/c1-24-21-46(35(48)33(18-25-9-12-29(37)13-10-25)44-34(47)32(38)19-30-20-41-23-43-30)31(7-4-15-42-36(39)40)22-45(24)16-14-26-8-11-27-5-2-3-6-28(27)17-26/h2-3,5-6,8-13,17,20,23-24,31-33H,4,7,14-16,18-19,21-22,38H2,1H3,(H,41,43)(H,44,47)(H4,39,40,42)/t24-,31+,32+,33-/m1/s1. The van der Waals surface area contributed by atoms with Gasteiger partial charge in [0, 0.05) is 68.0 Å². The van der Waals surface area contributed by atoms with E-state index >= 15 is 0 Å². The van der Waals surface area contributed by atoms with Crippen molar-refractivity contribution in [2.75, 3.05) is 26.2 Å². The van der Waals surface area contributed by atoms with Crippen LogP contribution in [-0.2, 0) is 28.9 Å². The molecular formula is C36H46ClN9O2. The summed E-state index contributed by atoms with van der Waals surface area (Å²) in [7, 11) is 0. The highest BCUT2D eigenvalue weighted by Gasteiger charge is 2.37. The molecule has 0 aliphatic carbocycles. The van der Waals surface area contributed by atoms with E-state index < -0.39 is 18.0 Å². The zero-order chi connectivity index (χ0) is 34.0. The van der Waals surface area contributed by atoms with Crippen molar-refractivity contribution >= 4 is 40.1 Å². The number of hydrogen-bond acceptors (Lipinski definition) is 6. The monoisotopic (exact) mass is 671 g/mol. The van der Waals surface area contributed by atoms with Crippen molar-refractivity contribution in [2.45, 2.75) is 63.2 Å². The number of nitrogens with two attached hydrogens (primary N) is 3. The lowest BCUT2D eigenvalue weighted by atomic mass is 9.98. The Morgan fingerprint density at radius 2 is 1.79 bits per heavy atom. The van der Waals surface area contributed by atoms with Gasteiger partial charge in [0.2, 0.25) is 11.8 Å². The van der Waals surface area contributed by atoms with E-state index in [0.717, 1.165) is 24.2 Å². The number of nitrogens with zero attached hydrogens (tertiary/aromatic N) is 4. The second-order valence-electron chi connectivity index (χ2n) is 12.6. The van der Waals surface area contributed by atoms with E-state index in [1.54, 1.807) is 24.7 Å². The molecule has 48 heavy (non-hydrogen) atoms. The lowest BCUT2D eigenvalue weighted by Crippen LogP contribution is -2.63. The van der Waals surface area contributed by atoms with Crippen LogP contribution in [0.2, 0.25) is 5.02 Å². The van der Waals surface area contributed by atoms with Crippen LogP contribution < -0.4 is 22.5 Å². The number of halogens is 1. The highest BCUT2D eigenvalue weighted by atomic mass is 35.5. The van der Waals surface area contributed by atoms with Crippen molar-refractivity contribution in [1.29, 1.82) is 0 Å². The molecule has 5 rings (SSSR count). The van der Waals surface area contributed by atoms with E-state index in [4.69, 9.17) is 28.8 Å². The fourth-order valence-corrected chi connectivity index (χ4v) is 6.52. The maximum absolute atomic E-state index is 14.5. The number of amides is 2. The smallest absolute Gasteiger partial charge is 0.245 e. The molecule has 11 nitrogen and oxygen atoms in total. The molecule has 2 amide bonds. The molecule has 0 spiro atoms. The number of carbonyl (C=O) groups excluding carboxylic acids is 2. The Bertz CT molecular complexity index is 1670. The lowest BCUT2D eigenvalue weighted by molar-refractivity contribution is -0.142. The van der Waals surface area contributed by atoms with E-state index in [1.165, 1.54) is 16.3 Å². The fraction of sp³-hybridized carbons (Fsp3) is 0.389. The molecule has 0 saturated carbocycles. The summed E-state index contributed by atoms with van der Waals surface area (Å²) >= 11 is 6.15. The Labute approximate surface area is 286 Å².